The summed E-state index contributed by atoms with van der Waals surface area (Å²) in [6, 6.07) is 16.8. The van der Waals surface area contributed by atoms with Crippen molar-refractivity contribution in [1.29, 1.82) is 0 Å². The van der Waals surface area contributed by atoms with Crippen LogP contribution in [0.3, 0.4) is 0 Å². The fraction of sp³-hybridized carbons (Fsp3) is 0.0400. The van der Waals surface area contributed by atoms with Gasteiger partial charge >= 0.3 is 0 Å². The molecule has 0 aliphatic carbocycles. The number of non-ortho nitro benzene ring substituents is 1. The van der Waals surface area contributed by atoms with E-state index in [-0.39, 0.29) is 34.0 Å². The van der Waals surface area contributed by atoms with Gasteiger partial charge in [0.15, 0.2) is 5.65 Å². The summed E-state index contributed by atoms with van der Waals surface area (Å²) in [5.74, 6) is -0.331. The van der Waals surface area contributed by atoms with Crippen LogP contribution in [0.15, 0.2) is 85.3 Å². The van der Waals surface area contributed by atoms with E-state index in [2.05, 4.69) is 20.4 Å². The molecule has 0 bridgehead atoms. The van der Waals surface area contributed by atoms with Crippen molar-refractivity contribution in [2.45, 2.75) is 6.43 Å². The van der Waals surface area contributed by atoms with Crippen LogP contribution in [-0.4, -0.2) is 30.4 Å². The van der Waals surface area contributed by atoms with Gasteiger partial charge in [0.25, 0.3) is 18.0 Å². The van der Waals surface area contributed by atoms with Gasteiger partial charge in [0.05, 0.1) is 34.8 Å². The summed E-state index contributed by atoms with van der Waals surface area (Å²) in [6.45, 7) is 0. The number of amides is 1. The molecule has 1 N–H and O–H groups in total. The van der Waals surface area contributed by atoms with Gasteiger partial charge in [-0.1, -0.05) is 30.3 Å². The highest BCUT2D eigenvalue weighted by atomic mass is 19.3. The lowest BCUT2D eigenvalue weighted by molar-refractivity contribution is -0.384. The number of benzene rings is 2. The number of anilines is 1. The van der Waals surface area contributed by atoms with Gasteiger partial charge in [-0.3, -0.25) is 19.9 Å². The van der Waals surface area contributed by atoms with Crippen LogP contribution in [0, 0.1) is 10.1 Å². The van der Waals surface area contributed by atoms with E-state index >= 15 is 0 Å². The van der Waals surface area contributed by atoms with E-state index < -0.39 is 22.9 Å². The van der Waals surface area contributed by atoms with Gasteiger partial charge in [-0.2, -0.15) is 5.10 Å². The fourth-order valence-electron chi connectivity index (χ4n) is 3.62. The second kappa shape index (κ2) is 9.77. The van der Waals surface area contributed by atoms with Crippen LogP contribution in [0.2, 0.25) is 0 Å². The van der Waals surface area contributed by atoms with Gasteiger partial charge < -0.3 is 10.1 Å². The molecular formula is C25H16F2N6O4. The maximum absolute atomic E-state index is 13.8. The number of nitrogens with one attached hydrogen (secondary N) is 1. The Hall–Kier alpha value is -5.26. The highest BCUT2D eigenvalue weighted by Gasteiger charge is 2.22. The molecule has 0 radical (unpaired) electrons. The van der Waals surface area contributed by atoms with Crippen LogP contribution >= 0.6 is 0 Å². The largest absolute Gasteiger partial charge is 0.455 e. The van der Waals surface area contributed by atoms with E-state index in [0.29, 0.717) is 11.3 Å². The number of aromatic nitrogens is 4. The molecule has 5 rings (SSSR count). The third-order valence-corrected chi connectivity index (χ3v) is 5.27. The predicted molar refractivity (Wildman–Crippen MR) is 129 cm³/mol. The zero-order chi connectivity index (χ0) is 25.9. The van der Waals surface area contributed by atoms with Crippen LogP contribution in [0.4, 0.5) is 20.2 Å². The molecule has 0 saturated heterocycles. The number of fused-ring (bicyclic) bond motifs is 1. The van der Waals surface area contributed by atoms with Crippen molar-refractivity contribution in [2.24, 2.45) is 0 Å². The van der Waals surface area contributed by atoms with E-state index in [1.165, 1.54) is 24.4 Å². The molecule has 0 unspecified atom stereocenters. The SMILES string of the molecule is O=C(Nc1cc(Oc2cccnc2)cc([N+](=O)[O-])c1)c1cnn2c(C(F)F)cc(-c3ccccc3)nc12. The normalized spacial score (nSPS) is 11.0. The summed E-state index contributed by atoms with van der Waals surface area (Å²) < 4.78 is 34.2. The van der Waals surface area contributed by atoms with E-state index in [4.69, 9.17) is 4.74 Å². The predicted octanol–water partition coefficient (Wildman–Crippen LogP) is 5.68. The summed E-state index contributed by atoms with van der Waals surface area (Å²) >= 11 is 0. The average molecular weight is 502 g/mol. The highest BCUT2D eigenvalue weighted by Crippen LogP contribution is 2.31. The number of rotatable bonds is 7. The van der Waals surface area contributed by atoms with Crippen LogP contribution < -0.4 is 10.1 Å². The molecule has 37 heavy (non-hydrogen) atoms. The molecule has 0 spiro atoms. The minimum atomic E-state index is -2.88. The van der Waals surface area contributed by atoms with Crippen LogP contribution in [-0.2, 0) is 0 Å². The minimum Gasteiger partial charge on any atom is -0.455 e. The van der Waals surface area contributed by atoms with Gasteiger partial charge in [0, 0.05) is 23.9 Å². The highest BCUT2D eigenvalue weighted by molar-refractivity contribution is 6.08. The van der Waals surface area contributed by atoms with Crippen LogP contribution in [0.5, 0.6) is 11.5 Å². The first-order valence-corrected chi connectivity index (χ1v) is 10.8. The first-order chi connectivity index (χ1) is 17.9. The number of nitrogens with zero attached hydrogens (tertiary/aromatic N) is 5. The third kappa shape index (κ3) is 4.93. The third-order valence-electron chi connectivity index (χ3n) is 5.27. The molecule has 0 aliphatic rings. The Kier molecular flexibility index (Phi) is 6.20. The lowest BCUT2D eigenvalue weighted by atomic mass is 10.1. The number of carbonyl (C=O) groups excluding carboxylic acids is 1. The molecule has 1 amide bonds. The molecule has 0 atom stereocenters. The van der Waals surface area contributed by atoms with Crippen molar-refractivity contribution in [3.05, 3.63) is 107 Å². The second-order valence-corrected chi connectivity index (χ2v) is 7.74. The number of ether oxygens (including phenoxy) is 1. The number of alkyl halides is 2. The summed E-state index contributed by atoms with van der Waals surface area (Å²) in [7, 11) is 0. The molecule has 3 heterocycles. The van der Waals surface area contributed by atoms with Crippen LogP contribution in [0.1, 0.15) is 22.5 Å². The summed E-state index contributed by atoms with van der Waals surface area (Å²) in [5.41, 5.74) is -0.0969. The number of pyridine rings is 1. The number of nitro benzene ring substituents is 1. The summed E-state index contributed by atoms with van der Waals surface area (Å²) in [6.07, 6.45) is 1.20. The Morgan fingerprint density at radius 1 is 1.03 bits per heavy atom. The van der Waals surface area contributed by atoms with E-state index in [9.17, 15) is 23.7 Å². The maximum Gasteiger partial charge on any atom is 0.280 e. The molecule has 12 heteroatoms. The first kappa shape index (κ1) is 23.5. The van der Waals surface area contributed by atoms with Crippen molar-refractivity contribution in [3.8, 4) is 22.8 Å². The Morgan fingerprint density at radius 3 is 2.54 bits per heavy atom. The monoisotopic (exact) mass is 502 g/mol. The quantitative estimate of drug-likeness (QED) is 0.224. The zero-order valence-electron chi connectivity index (χ0n) is 18.8. The summed E-state index contributed by atoms with van der Waals surface area (Å²) in [5, 5.41) is 17.9. The zero-order valence-corrected chi connectivity index (χ0v) is 18.8. The van der Waals surface area contributed by atoms with Crippen LogP contribution in [0.25, 0.3) is 16.9 Å². The molecule has 10 nitrogen and oxygen atoms in total. The lowest BCUT2D eigenvalue weighted by Gasteiger charge is -2.10. The molecule has 184 valence electrons. The van der Waals surface area contributed by atoms with Crippen molar-refractivity contribution in [3.63, 3.8) is 0 Å². The number of hydrogen-bond donors (Lipinski definition) is 1. The second-order valence-electron chi connectivity index (χ2n) is 7.74. The van der Waals surface area contributed by atoms with Crippen molar-refractivity contribution in [1.82, 2.24) is 19.6 Å². The Morgan fingerprint density at radius 2 is 1.84 bits per heavy atom. The van der Waals surface area contributed by atoms with Crippen molar-refractivity contribution < 1.29 is 23.2 Å². The standard InChI is InChI=1S/C25H16F2N6O4/c26-23(27)22-12-21(15-5-2-1-3-6-15)31-24-20(14-29-32(22)24)25(34)30-16-9-17(33(35)36)11-19(10-16)37-18-7-4-8-28-13-18/h1-14,23H,(H,30,34). The van der Waals surface area contributed by atoms with Crippen molar-refractivity contribution >= 4 is 22.9 Å². The Labute approximate surface area is 207 Å². The van der Waals surface area contributed by atoms with Gasteiger partial charge in [-0.15, -0.1) is 0 Å². The number of halogens is 2. The van der Waals surface area contributed by atoms with Gasteiger partial charge in [-0.05, 0) is 18.2 Å². The van der Waals surface area contributed by atoms with Crippen molar-refractivity contribution in [2.75, 3.05) is 5.32 Å². The number of hydrogen-bond acceptors (Lipinski definition) is 7. The molecule has 0 fully saturated rings. The van der Waals surface area contributed by atoms with Gasteiger partial charge in [0.2, 0.25) is 0 Å². The van der Waals surface area contributed by atoms with Gasteiger partial charge in [0.1, 0.15) is 22.8 Å². The number of carbonyl (C=O) groups is 1. The fourth-order valence-corrected chi connectivity index (χ4v) is 3.62. The van der Waals surface area contributed by atoms with Gasteiger partial charge in [-0.25, -0.2) is 18.3 Å². The first-order valence-electron chi connectivity index (χ1n) is 10.8. The minimum absolute atomic E-state index is 0.0470. The number of nitro groups is 1. The smallest absolute Gasteiger partial charge is 0.280 e. The Balaban J connectivity index is 1.52. The lowest BCUT2D eigenvalue weighted by Crippen LogP contribution is -2.13. The topological polar surface area (TPSA) is 125 Å². The molecule has 5 aromatic rings. The molecule has 0 saturated carbocycles. The summed E-state index contributed by atoms with van der Waals surface area (Å²) in [4.78, 5) is 32.3. The Bertz CT molecular complexity index is 1610. The van der Waals surface area contributed by atoms with E-state index in [1.54, 1.807) is 48.7 Å². The molecule has 0 aliphatic heterocycles. The maximum atomic E-state index is 13.8. The van der Waals surface area contributed by atoms with E-state index in [1.807, 2.05) is 0 Å². The molecule has 3 aromatic heterocycles. The average Bonchev–Trinajstić information content (AvgIpc) is 3.33. The molecule has 2 aromatic carbocycles. The van der Waals surface area contributed by atoms with E-state index in [0.717, 1.165) is 16.8 Å². The molecular weight excluding hydrogens is 486 g/mol.